The maximum absolute atomic E-state index is 12.9. The van der Waals surface area contributed by atoms with Crippen molar-refractivity contribution >= 4 is 17.5 Å². The highest BCUT2D eigenvalue weighted by molar-refractivity contribution is 5.99. The predicted molar refractivity (Wildman–Crippen MR) is 96.7 cm³/mol. The maximum Gasteiger partial charge on any atom is 0.271 e. The lowest BCUT2D eigenvalue weighted by molar-refractivity contribution is 0.0930. The van der Waals surface area contributed by atoms with E-state index in [0.717, 1.165) is 31.2 Å². The Morgan fingerprint density at radius 3 is 2.58 bits per heavy atom. The Morgan fingerprint density at radius 2 is 1.88 bits per heavy atom. The second kappa shape index (κ2) is 6.59. The molecule has 0 radical (unpaired) electrons. The zero-order chi connectivity index (χ0) is 18.1. The summed E-state index contributed by atoms with van der Waals surface area (Å²) in [4.78, 5) is 33.1. The van der Waals surface area contributed by atoms with E-state index in [1.54, 1.807) is 6.07 Å². The second-order valence-electron chi connectivity index (χ2n) is 6.50. The molecule has 0 atom stereocenters. The smallest absolute Gasteiger partial charge is 0.271 e. The minimum atomic E-state index is -0.674. The summed E-state index contributed by atoms with van der Waals surface area (Å²) in [7, 11) is 0. The quantitative estimate of drug-likeness (QED) is 0.753. The molecule has 0 unspecified atom stereocenters. The van der Waals surface area contributed by atoms with Crippen molar-refractivity contribution in [3.63, 3.8) is 0 Å². The van der Waals surface area contributed by atoms with Crippen molar-refractivity contribution in [3.8, 4) is 11.3 Å². The summed E-state index contributed by atoms with van der Waals surface area (Å²) in [5, 5.41) is 3.07. The molecule has 1 fully saturated rings. The highest BCUT2D eigenvalue weighted by Crippen LogP contribution is 2.22. The Kier molecular flexibility index (Phi) is 4.12. The average molecular weight is 349 g/mol. The van der Waals surface area contributed by atoms with Crippen molar-refractivity contribution in [1.82, 2.24) is 19.7 Å². The fourth-order valence-electron chi connectivity index (χ4n) is 3.41. The van der Waals surface area contributed by atoms with Crippen LogP contribution < -0.4 is 11.1 Å². The number of fused-ring (bicyclic) bond motifs is 1. The van der Waals surface area contributed by atoms with Crippen molar-refractivity contribution in [3.05, 3.63) is 54.1 Å². The summed E-state index contributed by atoms with van der Waals surface area (Å²) in [6.07, 6.45) is 5.65. The van der Waals surface area contributed by atoms with Gasteiger partial charge in [-0.15, -0.1) is 0 Å². The number of primary amides is 1. The van der Waals surface area contributed by atoms with Crippen molar-refractivity contribution in [2.75, 3.05) is 0 Å². The van der Waals surface area contributed by atoms with Gasteiger partial charge in [0, 0.05) is 11.6 Å². The zero-order valence-electron chi connectivity index (χ0n) is 14.2. The van der Waals surface area contributed by atoms with Gasteiger partial charge in [-0.2, -0.15) is 0 Å². The summed E-state index contributed by atoms with van der Waals surface area (Å²) in [5.41, 5.74) is 7.59. The summed E-state index contributed by atoms with van der Waals surface area (Å²) >= 11 is 0. The van der Waals surface area contributed by atoms with E-state index in [2.05, 4.69) is 15.3 Å². The van der Waals surface area contributed by atoms with Gasteiger partial charge in [0.1, 0.15) is 12.0 Å². The van der Waals surface area contributed by atoms with E-state index in [1.807, 2.05) is 30.3 Å². The monoisotopic (exact) mass is 349 g/mol. The molecule has 1 saturated carbocycles. The Balaban J connectivity index is 1.84. The summed E-state index contributed by atoms with van der Waals surface area (Å²) in [5.74, 6) is -0.873. The molecular weight excluding hydrogens is 330 g/mol. The van der Waals surface area contributed by atoms with Gasteiger partial charge in [0.05, 0.1) is 5.69 Å². The van der Waals surface area contributed by atoms with Crippen LogP contribution in [0.3, 0.4) is 0 Å². The van der Waals surface area contributed by atoms with Crippen LogP contribution in [0.25, 0.3) is 16.9 Å². The van der Waals surface area contributed by atoms with Crippen LogP contribution in [0.15, 0.2) is 42.7 Å². The van der Waals surface area contributed by atoms with Crippen molar-refractivity contribution in [2.24, 2.45) is 5.73 Å². The largest absolute Gasteiger partial charge is 0.364 e. The zero-order valence-corrected chi connectivity index (χ0v) is 14.2. The average Bonchev–Trinajstić information content (AvgIpc) is 3.30. The number of amides is 2. The number of hydrogen-bond acceptors (Lipinski definition) is 4. The maximum atomic E-state index is 12.9. The van der Waals surface area contributed by atoms with Crippen LogP contribution in [0.4, 0.5) is 0 Å². The lowest BCUT2D eigenvalue weighted by Crippen LogP contribution is -2.33. The fourth-order valence-corrected chi connectivity index (χ4v) is 3.41. The first-order valence-electron chi connectivity index (χ1n) is 8.67. The first-order chi connectivity index (χ1) is 12.6. The minimum absolute atomic E-state index is 0.0534. The number of aromatic nitrogens is 3. The van der Waals surface area contributed by atoms with E-state index in [1.165, 1.54) is 10.7 Å². The van der Waals surface area contributed by atoms with E-state index >= 15 is 0 Å². The number of nitrogens with zero attached hydrogens (tertiary/aromatic N) is 3. The third kappa shape index (κ3) is 2.92. The number of imidazole rings is 1. The van der Waals surface area contributed by atoms with Gasteiger partial charge in [0.25, 0.3) is 11.8 Å². The molecule has 132 valence electrons. The van der Waals surface area contributed by atoms with Gasteiger partial charge in [-0.25, -0.2) is 9.97 Å². The molecule has 2 aromatic heterocycles. The molecule has 0 aliphatic heterocycles. The molecule has 1 aromatic carbocycles. The van der Waals surface area contributed by atoms with Gasteiger partial charge in [0.15, 0.2) is 11.3 Å². The van der Waals surface area contributed by atoms with E-state index in [4.69, 9.17) is 5.73 Å². The number of nitrogens with two attached hydrogens (primary N) is 1. The Morgan fingerprint density at radius 1 is 1.15 bits per heavy atom. The van der Waals surface area contributed by atoms with E-state index in [0.29, 0.717) is 11.4 Å². The van der Waals surface area contributed by atoms with Gasteiger partial charge in [0.2, 0.25) is 0 Å². The molecule has 0 saturated heterocycles. The fraction of sp³-hybridized carbons (Fsp3) is 0.263. The number of rotatable bonds is 4. The molecule has 26 heavy (non-hydrogen) atoms. The van der Waals surface area contributed by atoms with E-state index in [9.17, 15) is 9.59 Å². The van der Waals surface area contributed by atoms with Crippen LogP contribution in [-0.2, 0) is 0 Å². The molecule has 4 rings (SSSR count). The van der Waals surface area contributed by atoms with Gasteiger partial charge in [-0.1, -0.05) is 43.2 Å². The number of benzene rings is 1. The Hall–Kier alpha value is -3.22. The molecule has 3 aromatic rings. The van der Waals surface area contributed by atoms with Crippen LogP contribution in [0, 0.1) is 0 Å². The first-order valence-corrected chi connectivity index (χ1v) is 8.67. The minimum Gasteiger partial charge on any atom is -0.364 e. The molecular formula is C19H19N5O2. The molecule has 0 bridgehead atoms. The van der Waals surface area contributed by atoms with E-state index < -0.39 is 5.91 Å². The van der Waals surface area contributed by atoms with Gasteiger partial charge < -0.3 is 11.1 Å². The summed E-state index contributed by atoms with van der Waals surface area (Å²) in [6, 6.07) is 11.4. The van der Waals surface area contributed by atoms with Gasteiger partial charge in [-0.05, 0) is 18.9 Å². The number of hydrogen-bond donors (Lipinski definition) is 2. The lowest BCUT2D eigenvalue weighted by atomic mass is 10.1. The molecule has 1 aliphatic rings. The SMILES string of the molecule is NC(=O)c1ncn2c(C(=O)NC3CCCC3)cc(-c3ccccc3)nc12. The second-order valence-corrected chi connectivity index (χ2v) is 6.50. The summed E-state index contributed by atoms with van der Waals surface area (Å²) in [6.45, 7) is 0. The number of carbonyl (C=O) groups excluding carboxylic acids is 2. The van der Waals surface area contributed by atoms with Crippen LogP contribution in [-0.4, -0.2) is 32.2 Å². The van der Waals surface area contributed by atoms with Crippen molar-refractivity contribution in [1.29, 1.82) is 0 Å². The molecule has 7 heteroatoms. The van der Waals surface area contributed by atoms with Crippen LogP contribution >= 0.6 is 0 Å². The molecule has 3 N–H and O–H groups in total. The first kappa shape index (κ1) is 16.3. The van der Waals surface area contributed by atoms with E-state index in [-0.39, 0.29) is 23.3 Å². The molecule has 2 amide bonds. The highest BCUT2D eigenvalue weighted by Gasteiger charge is 2.22. The normalized spacial score (nSPS) is 14.6. The Labute approximate surface area is 150 Å². The molecule has 7 nitrogen and oxygen atoms in total. The summed E-state index contributed by atoms with van der Waals surface area (Å²) < 4.78 is 1.52. The predicted octanol–water partition coefficient (Wildman–Crippen LogP) is 2.17. The third-order valence-corrected chi connectivity index (χ3v) is 4.73. The van der Waals surface area contributed by atoms with Crippen LogP contribution in [0.5, 0.6) is 0 Å². The van der Waals surface area contributed by atoms with Crippen molar-refractivity contribution < 1.29 is 9.59 Å². The standard InChI is InChI=1S/C19H19N5O2/c20-17(25)16-18-23-14(12-6-2-1-3-7-12)10-15(24(18)11-21-16)19(26)22-13-8-4-5-9-13/h1-3,6-7,10-11,13H,4-5,8-9H2,(H2,20,25)(H,22,26). The van der Waals surface area contributed by atoms with Crippen LogP contribution in [0.2, 0.25) is 0 Å². The topological polar surface area (TPSA) is 102 Å². The molecule has 2 heterocycles. The molecule has 1 aliphatic carbocycles. The lowest BCUT2D eigenvalue weighted by Gasteiger charge is -2.14. The third-order valence-electron chi connectivity index (χ3n) is 4.73. The van der Waals surface area contributed by atoms with Crippen LogP contribution in [0.1, 0.15) is 46.7 Å². The number of nitrogens with one attached hydrogen (secondary N) is 1. The highest BCUT2D eigenvalue weighted by atomic mass is 16.2. The Bertz CT molecular complexity index is 974. The number of carbonyl (C=O) groups is 2. The molecule has 0 spiro atoms. The van der Waals surface area contributed by atoms with Gasteiger partial charge in [-0.3, -0.25) is 14.0 Å². The van der Waals surface area contributed by atoms with Gasteiger partial charge >= 0.3 is 0 Å². The van der Waals surface area contributed by atoms with Crippen molar-refractivity contribution in [2.45, 2.75) is 31.7 Å².